The molecule has 1 aromatic carbocycles. The van der Waals surface area contributed by atoms with E-state index in [1.807, 2.05) is 40.0 Å². The molecule has 28 heavy (non-hydrogen) atoms. The van der Waals surface area contributed by atoms with Gasteiger partial charge in [0, 0.05) is 48.7 Å². The van der Waals surface area contributed by atoms with Crippen molar-refractivity contribution in [2.75, 3.05) is 26.3 Å². The summed E-state index contributed by atoms with van der Waals surface area (Å²) >= 11 is 1.52. The topological polar surface area (TPSA) is 114 Å². The van der Waals surface area contributed by atoms with Crippen LogP contribution in [0.4, 0.5) is 4.79 Å². The van der Waals surface area contributed by atoms with Gasteiger partial charge in [0.15, 0.2) is 5.75 Å². The lowest BCUT2D eigenvalue weighted by atomic mass is 10.1. The Labute approximate surface area is 166 Å². The Morgan fingerprint density at radius 2 is 2.07 bits per heavy atom. The molecule has 150 valence electrons. The second-order valence-electron chi connectivity index (χ2n) is 6.30. The van der Waals surface area contributed by atoms with E-state index in [-0.39, 0.29) is 13.2 Å². The number of aromatic nitrogens is 2. The summed E-state index contributed by atoms with van der Waals surface area (Å²) in [5.41, 5.74) is 7.94. The van der Waals surface area contributed by atoms with E-state index < -0.39 is 6.09 Å². The van der Waals surface area contributed by atoms with Crippen LogP contribution in [0.5, 0.6) is 5.75 Å². The van der Waals surface area contributed by atoms with Gasteiger partial charge in [-0.15, -0.1) is 11.3 Å². The zero-order valence-electron chi connectivity index (χ0n) is 15.7. The molecule has 0 saturated carbocycles. The number of benzene rings is 1. The maximum atomic E-state index is 11.2. The predicted octanol–water partition coefficient (Wildman–Crippen LogP) is 2.03. The fourth-order valence-electron chi connectivity index (χ4n) is 3.14. The van der Waals surface area contributed by atoms with Gasteiger partial charge in [-0.3, -0.25) is 4.90 Å². The zero-order chi connectivity index (χ0) is 20.1. The van der Waals surface area contributed by atoms with Gasteiger partial charge < -0.3 is 25.3 Å². The molecule has 2 aromatic heterocycles. The first-order valence-electron chi connectivity index (χ1n) is 9.04. The van der Waals surface area contributed by atoms with E-state index in [9.17, 15) is 4.79 Å². The van der Waals surface area contributed by atoms with Crippen molar-refractivity contribution in [3.8, 4) is 16.3 Å². The van der Waals surface area contributed by atoms with Crippen molar-refractivity contribution < 1.29 is 19.7 Å². The number of carbonyl (C=O) groups is 1. The van der Waals surface area contributed by atoms with Gasteiger partial charge in [-0.05, 0) is 25.1 Å². The smallest absolute Gasteiger partial charge is 0.408 e. The van der Waals surface area contributed by atoms with Crippen molar-refractivity contribution in [2.24, 2.45) is 5.73 Å². The van der Waals surface area contributed by atoms with Crippen molar-refractivity contribution in [2.45, 2.75) is 20.0 Å². The Morgan fingerprint density at radius 3 is 2.71 bits per heavy atom. The lowest BCUT2D eigenvalue weighted by Gasteiger charge is -2.18. The van der Waals surface area contributed by atoms with Crippen LogP contribution in [0.1, 0.15) is 12.6 Å². The normalized spacial score (nSPS) is 11.4. The number of amides is 1. The Kier molecular flexibility index (Phi) is 6.63. The molecule has 0 saturated heterocycles. The number of aliphatic hydroxyl groups is 2. The Hall–Kier alpha value is -2.46. The van der Waals surface area contributed by atoms with E-state index in [0.29, 0.717) is 25.4 Å². The first kappa shape index (κ1) is 20.3. The molecule has 9 heteroatoms. The number of nitrogens with zero attached hydrogens (tertiary/aromatic N) is 3. The highest BCUT2D eigenvalue weighted by molar-refractivity contribution is 7.13. The van der Waals surface area contributed by atoms with Crippen LogP contribution >= 0.6 is 11.3 Å². The molecule has 0 fully saturated rings. The molecular weight excluding hydrogens is 380 g/mol. The van der Waals surface area contributed by atoms with Crippen molar-refractivity contribution in [1.29, 1.82) is 0 Å². The lowest BCUT2D eigenvalue weighted by Crippen LogP contribution is -2.29. The Bertz CT molecular complexity index is 947. The number of rotatable bonds is 9. The van der Waals surface area contributed by atoms with Gasteiger partial charge in [-0.2, -0.15) is 0 Å². The van der Waals surface area contributed by atoms with Crippen LogP contribution in [-0.4, -0.2) is 57.1 Å². The fourth-order valence-corrected chi connectivity index (χ4v) is 3.95. The van der Waals surface area contributed by atoms with Gasteiger partial charge in [0.1, 0.15) is 5.01 Å². The molecule has 0 spiro atoms. The van der Waals surface area contributed by atoms with Crippen LogP contribution in [0.2, 0.25) is 0 Å². The molecular formula is C19H24N4O4S. The average Bonchev–Trinajstić information content (AvgIpc) is 3.26. The predicted molar refractivity (Wildman–Crippen MR) is 108 cm³/mol. The zero-order valence-corrected chi connectivity index (χ0v) is 16.5. The third-order valence-electron chi connectivity index (χ3n) is 4.41. The second-order valence-corrected chi connectivity index (χ2v) is 7.16. The number of ether oxygens (including phenoxy) is 1. The molecule has 0 aliphatic carbocycles. The number of nitrogens with two attached hydrogens (primary N) is 1. The number of carbonyl (C=O) groups excluding carboxylic acids is 1. The van der Waals surface area contributed by atoms with Gasteiger partial charge in [-0.1, -0.05) is 0 Å². The number of aliphatic hydroxyl groups excluding tert-OH is 2. The van der Waals surface area contributed by atoms with E-state index in [1.54, 1.807) is 6.20 Å². The maximum absolute atomic E-state index is 11.2. The minimum Gasteiger partial charge on any atom is -0.408 e. The fraction of sp³-hybridized carbons (Fsp3) is 0.368. The highest BCUT2D eigenvalue weighted by Gasteiger charge is 2.14. The van der Waals surface area contributed by atoms with Crippen molar-refractivity contribution in [1.82, 2.24) is 14.5 Å². The summed E-state index contributed by atoms with van der Waals surface area (Å²) in [6, 6.07) is 5.92. The van der Waals surface area contributed by atoms with Crippen LogP contribution in [0.25, 0.3) is 21.5 Å². The molecule has 4 N–H and O–H groups in total. The monoisotopic (exact) mass is 404 g/mol. The van der Waals surface area contributed by atoms with Gasteiger partial charge in [0.25, 0.3) is 0 Å². The van der Waals surface area contributed by atoms with Crippen LogP contribution in [0.3, 0.4) is 0 Å². The van der Waals surface area contributed by atoms with Crippen LogP contribution in [-0.2, 0) is 13.1 Å². The molecule has 0 unspecified atom stereocenters. The molecule has 3 rings (SSSR count). The van der Waals surface area contributed by atoms with Crippen LogP contribution < -0.4 is 10.5 Å². The largest absolute Gasteiger partial charge is 0.410 e. The molecule has 0 aliphatic rings. The summed E-state index contributed by atoms with van der Waals surface area (Å²) in [5.74, 6) is 0.431. The van der Waals surface area contributed by atoms with Gasteiger partial charge in [-0.25, -0.2) is 9.78 Å². The van der Waals surface area contributed by atoms with Gasteiger partial charge >= 0.3 is 6.09 Å². The van der Waals surface area contributed by atoms with E-state index in [2.05, 4.69) is 4.98 Å². The van der Waals surface area contributed by atoms with Crippen LogP contribution in [0.15, 0.2) is 29.8 Å². The average molecular weight is 404 g/mol. The first-order chi connectivity index (χ1) is 13.5. The van der Waals surface area contributed by atoms with Gasteiger partial charge in [0.2, 0.25) is 0 Å². The summed E-state index contributed by atoms with van der Waals surface area (Å²) in [4.78, 5) is 17.8. The number of fused-ring (bicyclic) bond motifs is 1. The number of thiazole rings is 1. The minimum atomic E-state index is -0.843. The van der Waals surface area contributed by atoms with Crippen LogP contribution in [0, 0.1) is 0 Å². The molecule has 2 heterocycles. The number of hydrogen-bond acceptors (Lipinski definition) is 7. The van der Waals surface area contributed by atoms with Crippen molar-refractivity contribution >= 4 is 28.3 Å². The maximum Gasteiger partial charge on any atom is 0.410 e. The van der Waals surface area contributed by atoms with E-state index in [0.717, 1.165) is 33.7 Å². The lowest BCUT2D eigenvalue weighted by molar-refractivity contribution is 0.155. The summed E-state index contributed by atoms with van der Waals surface area (Å²) in [5, 5.41) is 21.9. The summed E-state index contributed by atoms with van der Waals surface area (Å²) in [6.07, 6.45) is 0.929. The quantitative estimate of drug-likeness (QED) is 0.503. The number of aryl methyl sites for hydroxylation is 1. The highest BCUT2D eigenvalue weighted by Crippen LogP contribution is 2.33. The standard InChI is InChI=1S/C19H24N4O4S/c1-2-23-11-17(27-19(20)26)15-9-13(3-4-16(15)23)18-21-14(12-28-18)10-22(5-7-24)6-8-25/h3-4,9,11-12,24-25H,2,5-8,10H2,1H3,(H2,20,26). The Balaban J connectivity index is 1.89. The first-order valence-corrected chi connectivity index (χ1v) is 9.92. The highest BCUT2D eigenvalue weighted by atomic mass is 32.1. The summed E-state index contributed by atoms with van der Waals surface area (Å²) < 4.78 is 7.15. The minimum absolute atomic E-state index is 0.0325. The molecule has 3 aromatic rings. The summed E-state index contributed by atoms with van der Waals surface area (Å²) in [7, 11) is 0. The molecule has 1 amide bonds. The number of primary amides is 1. The van der Waals surface area contributed by atoms with E-state index >= 15 is 0 Å². The molecule has 0 aliphatic heterocycles. The molecule has 0 radical (unpaired) electrons. The van der Waals surface area contributed by atoms with Crippen molar-refractivity contribution in [3.63, 3.8) is 0 Å². The Morgan fingerprint density at radius 1 is 1.32 bits per heavy atom. The molecule has 0 bridgehead atoms. The van der Waals surface area contributed by atoms with Gasteiger partial charge in [0.05, 0.1) is 24.4 Å². The molecule has 0 atom stereocenters. The van der Waals surface area contributed by atoms with E-state index in [1.165, 1.54) is 11.3 Å². The third kappa shape index (κ3) is 4.50. The van der Waals surface area contributed by atoms with Crippen molar-refractivity contribution in [3.05, 3.63) is 35.5 Å². The number of hydrogen-bond donors (Lipinski definition) is 3. The van der Waals surface area contributed by atoms with E-state index in [4.69, 9.17) is 20.7 Å². The SMILES string of the molecule is CCn1cc(OC(N)=O)c2cc(-c3nc(CN(CCO)CCO)cs3)ccc21. The molecule has 8 nitrogen and oxygen atoms in total. The summed E-state index contributed by atoms with van der Waals surface area (Å²) in [6.45, 7) is 4.34. The second kappa shape index (κ2) is 9.16. The third-order valence-corrected chi connectivity index (χ3v) is 5.35.